The van der Waals surface area contributed by atoms with Gasteiger partial charge in [-0.3, -0.25) is 14.5 Å². The lowest BCUT2D eigenvalue weighted by atomic mass is 9.95. The van der Waals surface area contributed by atoms with Crippen LogP contribution in [0.5, 0.6) is 17.2 Å². The van der Waals surface area contributed by atoms with E-state index in [-0.39, 0.29) is 11.3 Å². The summed E-state index contributed by atoms with van der Waals surface area (Å²) in [6.45, 7) is 2.37. The number of rotatable bonds is 7. The molecular formula is C32H23ClN2O5S. The van der Waals surface area contributed by atoms with Crippen LogP contribution in [0.15, 0.2) is 103 Å². The first-order valence-electron chi connectivity index (χ1n) is 12.9. The molecule has 1 atom stereocenters. The molecule has 204 valence electrons. The van der Waals surface area contributed by atoms with E-state index in [0.29, 0.717) is 50.7 Å². The van der Waals surface area contributed by atoms with Crippen LogP contribution in [0.1, 0.15) is 24.1 Å². The molecule has 1 amide bonds. The highest BCUT2D eigenvalue weighted by atomic mass is 35.5. The van der Waals surface area contributed by atoms with E-state index in [0.717, 1.165) is 4.70 Å². The number of para-hydroxylation sites is 1. The molecule has 0 bridgehead atoms. The maximum atomic E-state index is 13.6. The van der Waals surface area contributed by atoms with E-state index in [9.17, 15) is 14.7 Å². The van der Waals surface area contributed by atoms with Crippen LogP contribution in [0.25, 0.3) is 16.0 Å². The topological polar surface area (TPSA) is 89.0 Å². The van der Waals surface area contributed by atoms with Crippen LogP contribution in [-0.2, 0) is 9.59 Å². The highest BCUT2D eigenvalue weighted by molar-refractivity contribution is 7.22. The molecule has 0 spiro atoms. The molecule has 1 unspecified atom stereocenters. The third-order valence-corrected chi connectivity index (χ3v) is 7.83. The average Bonchev–Trinajstić information content (AvgIpc) is 3.51. The lowest BCUT2D eigenvalue weighted by Gasteiger charge is -2.23. The first kappa shape index (κ1) is 26.6. The van der Waals surface area contributed by atoms with Gasteiger partial charge in [-0.25, -0.2) is 4.98 Å². The number of carbonyl (C=O) groups is 2. The molecule has 4 aromatic carbocycles. The average molecular weight is 583 g/mol. The van der Waals surface area contributed by atoms with E-state index in [4.69, 9.17) is 21.1 Å². The van der Waals surface area contributed by atoms with Gasteiger partial charge in [-0.2, -0.15) is 0 Å². The first-order valence-corrected chi connectivity index (χ1v) is 14.1. The van der Waals surface area contributed by atoms with Gasteiger partial charge >= 0.3 is 5.91 Å². The predicted octanol–water partition coefficient (Wildman–Crippen LogP) is 7.77. The number of nitrogens with zero attached hydrogens (tertiary/aromatic N) is 2. The summed E-state index contributed by atoms with van der Waals surface area (Å²) < 4.78 is 12.3. The number of aromatic nitrogens is 1. The number of Topliss-reactive ketones (excluding diaryl/α,β-unsaturated/α-hetero) is 1. The van der Waals surface area contributed by atoms with Crippen molar-refractivity contribution >= 4 is 55.7 Å². The number of aliphatic hydroxyl groups excluding tert-OH is 1. The summed E-state index contributed by atoms with van der Waals surface area (Å²) in [6.07, 6.45) is 0. The van der Waals surface area contributed by atoms with Crippen molar-refractivity contribution in [3.63, 3.8) is 0 Å². The van der Waals surface area contributed by atoms with Crippen molar-refractivity contribution in [2.24, 2.45) is 0 Å². The molecule has 5 aromatic rings. The Morgan fingerprint density at radius 3 is 2.44 bits per heavy atom. The Bertz CT molecular complexity index is 1800. The SMILES string of the molecule is CCOc1ccc(/C(O)=C2\C(=O)C(=O)N(c3nc4ccc(Cl)cc4s3)C2c2cccc(Oc3ccccc3)c2)cc1. The number of aliphatic hydroxyl groups is 1. The number of ether oxygens (including phenoxy) is 2. The number of ketones is 1. The standard InChI is InChI=1S/C32H23ClN2O5S/c1-2-39-22-14-11-19(12-15-22)29(36)27-28(20-7-6-10-24(17-20)40-23-8-4-3-5-9-23)35(31(38)30(27)37)32-34-25-16-13-21(33)18-26(25)41-32/h3-18,28,36H,2H2,1H3/b29-27+. The van der Waals surface area contributed by atoms with Gasteiger partial charge in [0.05, 0.1) is 28.4 Å². The van der Waals surface area contributed by atoms with Crippen molar-refractivity contribution in [1.29, 1.82) is 0 Å². The molecule has 9 heteroatoms. The second-order valence-corrected chi connectivity index (χ2v) is 10.7. The van der Waals surface area contributed by atoms with Crippen LogP contribution in [0, 0.1) is 0 Å². The third-order valence-electron chi connectivity index (χ3n) is 6.58. The fourth-order valence-corrected chi connectivity index (χ4v) is 6.01. The van der Waals surface area contributed by atoms with Crippen LogP contribution in [0.4, 0.5) is 5.13 Å². The fourth-order valence-electron chi connectivity index (χ4n) is 4.74. The maximum Gasteiger partial charge on any atom is 0.301 e. The summed E-state index contributed by atoms with van der Waals surface area (Å²) in [6, 6.07) is 27.4. The minimum atomic E-state index is -0.961. The summed E-state index contributed by atoms with van der Waals surface area (Å²) in [4.78, 5) is 33.2. The summed E-state index contributed by atoms with van der Waals surface area (Å²) in [5.41, 5.74) is 1.54. The smallest absolute Gasteiger partial charge is 0.301 e. The highest BCUT2D eigenvalue weighted by Gasteiger charge is 2.48. The number of amides is 1. The number of hydrogen-bond acceptors (Lipinski definition) is 7. The molecule has 41 heavy (non-hydrogen) atoms. The van der Waals surface area contributed by atoms with Crippen molar-refractivity contribution in [2.75, 3.05) is 11.5 Å². The molecule has 1 aliphatic rings. The Labute approximate surface area is 244 Å². The van der Waals surface area contributed by atoms with Crippen molar-refractivity contribution in [2.45, 2.75) is 13.0 Å². The van der Waals surface area contributed by atoms with Gasteiger partial charge in [0.15, 0.2) is 5.13 Å². The third kappa shape index (κ3) is 5.15. The zero-order chi connectivity index (χ0) is 28.5. The molecule has 7 nitrogen and oxygen atoms in total. The van der Waals surface area contributed by atoms with Crippen LogP contribution < -0.4 is 14.4 Å². The zero-order valence-electron chi connectivity index (χ0n) is 21.8. The normalized spacial score (nSPS) is 16.3. The number of thiazole rings is 1. The van der Waals surface area contributed by atoms with Crippen LogP contribution in [-0.4, -0.2) is 28.4 Å². The van der Waals surface area contributed by atoms with Crippen molar-refractivity contribution in [3.8, 4) is 17.2 Å². The lowest BCUT2D eigenvalue weighted by molar-refractivity contribution is -0.132. The molecule has 0 radical (unpaired) electrons. The fraction of sp³-hybridized carbons (Fsp3) is 0.0938. The van der Waals surface area contributed by atoms with Crippen molar-refractivity contribution in [3.05, 3.63) is 119 Å². The summed E-state index contributed by atoms with van der Waals surface area (Å²) in [5.74, 6) is -0.125. The van der Waals surface area contributed by atoms with Gasteiger partial charge in [0, 0.05) is 10.6 Å². The van der Waals surface area contributed by atoms with Crippen LogP contribution in [0.3, 0.4) is 0 Å². The van der Waals surface area contributed by atoms with Gasteiger partial charge in [0.1, 0.15) is 23.0 Å². The molecular weight excluding hydrogens is 560 g/mol. The van der Waals surface area contributed by atoms with Gasteiger partial charge in [0.2, 0.25) is 0 Å². The van der Waals surface area contributed by atoms with E-state index >= 15 is 0 Å². The predicted molar refractivity (Wildman–Crippen MR) is 160 cm³/mol. The molecule has 1 aliphatic heterocycles. The number of fused-ring (bicyclic) bond motifs is 1. The highest BCUT2D eigenvalue weighted by Crippen LogP contribution is 2.45. The van der Waals surface area contributed by atoms with Gasteiger partial charge in [-0.1, -0.05) is 53.3 Å². The minimum Gasteiger partial charge on any atom is -0.507 e. The van der Waals surface area contributed by atoms with E-state index in [1.807, 2.05) is 37.3 Å². The zero-order valence-corrected chi connectivity index (χ0v) is 23.4. The number of hydrogen-bond donors (Lipinski definition) is 1. The maximum absolute atomic E-state index is 13.6. The lowest BCUT2D eigenvalue weighted by Crippen LogP contribution is -2.29. The Balaban J connectivity index is 1.50. The van der Waals surface area contributed by atoms with Crippen molar-refractivity contribution < 1.29 is 24.2 Å². The van der Waals surface area contributed by atoms with E-state index in [1.54, 1.807) is 66.7 Å². The summed E-state index contributed by atoms with van der Waals surface area (Å²) in [7, 11) is 0. The Hall–Kier alpha value is -4.66. The number of anilines is 1. The van der Waals surface area contributed by atoms with Gasteiger partial charge < -0.3 is 14.6 Å². The van der Waals surface area contributed by atoms with Gasteiger partial charge in [-0.15, -0.1) is 0 Å². The Kier molecular flexibility index (Phi) is 7.17. The minimum absolute atomic E-state index is 0.0479. The van der Waals surface area contributed by atoms with Gasteiger partial charge in [0.25, 0.3) is 5.78 Å². The Morgan fingerprint density at radius 2 is 1.68 bits per heavy atom. The van der Waals surface area contributed by atoms with Crippen molar-refractivity contribution in [1.82, 2.24) is 4.98 Å². The molecule has 0 saturated carbocycles. The molecule has 6 rings (SSSR count). The summed E-state index contributed by atoms with van der Waals surface area (Å²) >= 11 is 7.43. The van der Waals surface area contributed by atoms with E-state index in [2.05, 4.69) is 4.98 Å². The molecule has 0 aliphatic carbocycles. The molecule has 1 aromatic heterocycles. The van der Waals surface area contributed by atoms with Gasteiger partial charge in [-0.05, 0) is 79.2 Å². The molecule has 1 saturated heterocycles. The Morgan fingerprint density at radius 1 is 0.927 bits per heavy atom. The van der Waals surface area contributed by atoms with Crippen LogP contribution >= 0.6 is 22.9 Å². The largest absolute Gasteiger partial charge is 0.507 e. The monoisotopic (exact) mass is 582 g/mol. The molecule has 2 heterocycles. The second kappa shape index (κ2) is 11.1. The molecule has 1 N–H and O–H groups in total. The molecule has 1 fully saturated rings. The number of halogens is 1. The van der Waals surface area contributed by atoms with E-state index < -0.39 is 17.7 Å². The quantitative estimate of drug-likeness (QED) is 0.120. The van der Waals surface area contributed by atoms with Crippen LogP contribution in [0.2, 0.25) is 5.02 Å². The van der Waals surface area contributed by atoms with E-state index in [1.165, 1.54) is 16.2 Å². The second-order valence-electron chi connectivity index (χ2n) is 9.22. The summed E-state index contributed by atoms with van der Waals surface area (Å²) in [5, 5.41) is 12.3. The number of benzene rings is 4. The first-order chi connectivity index (χ1) is 19.9. The number of carbonyl (C=O) groups excluding carboxylic acids is 2.